The van der Waals surface area contributed by atoms with Crippen molar-refractivity contribution in [2.75, 3.05) is 52.5 Å². The van der Waals surface area contributed by atoms with Crippen LogP contribution in [0.15, 0.2) is 29.3 Å². The van der Waals surface area contributed by atoms with E-state index < -0.39 is 0 Å². The zero-order valence-corrected chi connectivity index (χ0v) is 17.0. The second kappa shape index (κ2) is 11.0. The van der Waals surface area contributed by atoms with Crippen LogP contribution in [0.4, 0.5) is 0 Å². The van der Waals surface area contributed by atoms with Gasteiger partial charge in [-0.15, -0.1) is 0 Å². The van der Waals surface area contributed by atoms with E-state index in [4.69, 9.17) is 4.74 Å². The number of ether oxygens (including phenoxy) is 1. The van der Waals surface area contributed by atoms with Crippen LogP contribution in [0.1, 0.15) is 30.9 Å². The van der Waals surface area contributed by atoms with Crippen LogP contribution in [0.25, 0.3) is 0 Å². The molecule has 0 radical (unpaired) electrons. The molecular formula is C21H33N5O2. The van der Waals surface area contributed by atoms with Gasteiger partial charge in [0.05, 0.1) is 26.3 Å². The lowest BCUT2D eigenvalue weighted by Gasteiger charge is -2.26. The fourth-order valence-corrected chi connectivity index (χ4v) is 3.52. The first kappa shape index (κ1) is 20.6. The number of aliphatic imine (C=N–C) groups is 1. The SMILES string of the molecule is CCNC(=NCc1ccc(CN2CCOCC2)cc1)NCC(=O)N1CCCC1. The maximum Gasteiger partial charge on any atom is 0.241 e. The van der Waals surface area contributed by atoms with E-state index in [1.165, 1.54) is 5.56 Å². The van der Waals surface area contributed by atoms with E-state index in [1.54, 1.807) is 0 Å². The first-order valence-electron chi connectivity index (χ1n) is 10.4. The minimum Gasteiger partial charge on any atom is -0.379 e. The molecule has 28 heavy (non-hydrogen) atoms. The third-order valence-corrected chi connectivity index (χ3v) is 5.16. The van der Waals surface area contributed by atoms with Gasteiger partial charge in [0.2, 0.25) is 5.91 Å². The number of morpholine rings is 1. The summed E-state index contributed by atoms with van der Waals surface area (Å²) in [6, 6.07) is 8.63. The summed E-state index contributed by atoms with van der Waals surface area (Å²) < 4.78 is 5.40. The monoisotopic (exact) mass is 387 g/mol. The number of carbonyl (C=O) groups excluding carboxylic acids is 1. The van der Waals surface area contributed by atoms with Gasteiger partial charge < -0.3 is 20.3 Å². The van der Waals surface area contributed by atoms with Gasteiger partial charge in [0.1, 0.15) is 0 Å². The molecular weight excluding hydrogens is 354 g/mol. The third-order valence-electron chi connectivity index (χ3n) is 5.16. The number of amides is 1. The number of guanidine groups is 1. The summed E-state index contributed by atoms with van der Waals surface area (Å²) in [6.45, 7) is 10.1. The quantitative estimate of drug-likeness (QED) is 0.543. The van der Waals surface area contributed by atoms with E-state index >= 15 is 0 Å². The third kappa shape index (κ3) is 6.49. The molecule has 1 amide bonds. The van der Waals surface area contributed by atoms with Gasteiger partial charge in [-0.2, -0.15) is 0 Å². The van der Waals surface area contributed by atoms with Crippen molar-refractivity contribution < 1.29 is 9.53 Å². The number of hydrogen-bond acceptors (Lipinski definition) is 4. The molecule has 2 N–H and O–H groups in total. The van der Waals surface area contributed by atoms with Gasteiger partial charge in [-0.25, -0.2) is 4.99 Å². The molecule has 0 aromatic heterocycles. The molecule has 2 heterocycles. The fraction of sp³-hybridized carbons (Fsp3) is 0.619. The molecule has 0 bridgehead atoms. The molecule has 2 aliphatic heterocycles. The molecule has 1 aromatic carbocycles. The van der Waals surface area contributed by atoms with Crippen LogP contribution in [0.3, 0.4) is 0 Å². The maximum atomic E-state index is 12.2. The highest BCUT2D eigenvalue weighted by Crippen LogP contribution is 2.10. The lowest BCUT2D eigenvalue weighted by molar-refractivity contribution is -0.128. The molecule has 0 atom stereocenters. The van der Waals surface area contributed by atoms with Crippen molar-refractivity contribution in [2.24, 2.45) is 4.99 Å². The Morgan fingerprint density at radius 1 is 1.04 bits per heavy atom. The predicted octanol–water partition coefficient (Wildman–Crippen LogP) is 1.20. The van der Waals surface area contributed by atoms with Crippen LogP contribution >= 0.6 is 0 Å². The van der Waals surface area contributed by atoms with Crippen LogP contribution in [0, 0.1) is 0 Å². The number of benzene rings is 1. The largest absolute Gasteiger partial charge is 0.379 e. The summed E-state index contributed by atoms with van der Waals surface area (Å²) in [5, 5.41) is 6.38. The molecule has 2 aliphatic rings. The highest BCUT2D eigenvalue weighted by atomic mass is 16.5. The summed E-state index contributed by atoms with van der Waals surface area (Å²) in [5.41, 5.74) is 2.48. The maximum absolute atomic E-state index is 12.2. The number of likely N-dealkylation sites (tertiary alicyclic amines) is 1. The van der Waals surface area contributed by atoms with Gasteiger partial charge in [0.15, 0.2) is 5.96 Å². The van der Waals surface area contributed by atoms with Crippen LogP contribution in [-0.2, 0) is 22.6 Å². The summed E-state index contributed by atoms with van der Waals surface area (Å²) in [5.74, 6) is 0.836. The van der Waals surface area contributed by atoms with E-state index in [2.05, 4.69) is 44.8 Å². The number of carbonyl (C=O) groups is 1. The summed E-state index contributed by atoms with van der Waals surface area (Å²) >= 11 is 0. The second-order valence-corrected chi connectivity index (χ2v) is 7.34. The van der Waals surface area contributed by atoms with Gasteiger partial charge in [-0.1, -0.05) is 24.3 Å². The first-order chi connectivity index (χ1) is 13.7. The van der Waals surface area contributed by atoms with Crippen molar-refractivity contribution in [1.82, 2.24) is 20.4 Å². The van der Waals surface area contributed by atoms with E-state index in [0.29, 0.717) is 19.0 Å². The Morgan fingerprint density at radius 3 is 2.39 bits per heavy atom. The average molecular weight is 388 g/mol. The van der Waals surface area contributed by atoms with Crippen molar-refractivity contribution >= 4 is 11.9 Å². The standard InChI is InChI=1S/C21H33N5O2/c1-2-22-21(24-16-20(27)26-9-3-4-10-26)23-15-18-5-7-19(8-6-18)17-25-11-13-28-14-12-25/h5-8H,2-4,9-17H2,1H3,(H2,22,23,24). The molecule has 2 fully saturated rings. The molecule has 0 spiro atoms. The minimum atomic E-state index is 0.149. The number of rotatable bonds is 7. The normalized spacial score (nSPS) is 18.3. The van der Waals surface area contributed by atoms with Gasteiger partial charge in [0, 0.05) is 39.3 Å². The van der Waals surface area contributed by atoms with Crippen molar-refractivity contribution in [3.05, 3.63) is 35.4 Å². The molecule has 0 aliphatic carbocycles. The van der Waals surface area contributed by atoms with E-state index in [-0.39, 0.29) is 5.91 Å². The molecule has 2 saturated heterocycles. The van der Waals surface area contributed by atoms with Crippen LogP contribution in [0.5, 0.6) is 0 Å². The fourth-order valence-electron chi connectivity index (χ4n) is 3.52. The van der Waals surface area contributed by atoms with Gasteiger partial charge in [-0.05, 0) is 30.9 Å². The Kier molecular flexibility index (Phi) is 8.11. The zero-order valence-electron chi connectivity index (χ0n) is 17.0. The topological polar surface area (TPSA) is 69.2 Å². The Labute approximate surface area is 168 Å². The number of nitrogens with zero attached hydrogens (tertiary/aromatic N) is 3. The average Bonchev–Trinajstić information content (AvgIpc) is 3.27. The van der Waals surface area contributed by atoms with Crippen LogP contribution < -0.4 is 10.6 Å². The summed E-state index contributed by atoms with van der Waals surface area (Å²) in [4.78, 5) is 21.2. The summed E-state index contributed by atoms with van der Waals surface area (Å²) in [6.07, 6.45) is 2.23. The van der Waals surface area contributed by atoms with Gasteiger partial charge in [-0.3, -0.25) is 9.69 Å². The predicted molar refractivity (Wildman–Crippen MR) is 111 cm³/mol. The minimum absolute atomic E-state index is 0.149. The number of nitrogens with one attached hydrogen (secondary N) is 2. The van der Waals surface area contributed by atoms with Crippen LogP contribution in [0.2, 0.25) is 0 Å². The van der Waals surface area contributed by atoms with E-state index in [0.717, 1.165) is 70.9 Å². The number of hydrogen-bond donors (Lipinski definition) is 2. The molecule has 3 rings (SSSR count). The van der Waals surface area contributed by atoms with Gasteiger partial charge in [0.25, 0.3) is 0 Å². The van der Waals surface area contributed by atoms with E-state index in [1.807, 2.05) is 11.8 Å². The smallest absolute Gasteiger partial charge is 0.241 e. The zero-order chi connectivity index (χ0) is 19.6. The molecule has 1 aromatic rings. The first-order valence-corrected chi connectivity index (χ1v) is 10.4. The highest BCUT2D eigenvalue weighted by molar-refractivity contribution is 5.86. The molecule has 7 heteroatoms. The molecule has 0 saturated carbocycles. The Bertz CT molecular complexity index is 635. The Hall–Kier alpha value is -2.12. The lowest BCUT2D eigenvalue weighted by Crippen LogP contribution is -2.44. The summed E-state index contributed by atoms with van der Waals surface area (Å²) in [7, 11) is 0. The highest BCUT2D eigenvalue weighted by Gasteiger charge is 2.17. The van der Waals surface area contributed by atoms with Crippen molar-refractivity contribution in [3.8, 4) is 0 Å². The lowest BCUT2D eigenvalue weighted by atomic mass is 10.1. The Balaban J connectivity index is 1.48. The van der Waals surface area contributed by atoms with Crippen molar-refractivity contribution in [3.63, 3.8) is 0 Å². The van der Waals surface area contributed by atoms with E-state index in [9.17, 15) is 4.79 Å². The molecule has 154 valence electrons. The van der Waals surface area contributed by atoms with Crippen LogP contribution in [-0.4, -0.2) is 74.1 Å². The molecule has 7 nitrogen and oxygen atoms in total. The van der Waals surface area contributed by atoms with Crippen molar-refractivity contribution in [2.45, 2.75) is 32.9 Å². The second-order valence-electron chi connectivity index (χ2n) is 7.34. The molecule has 0 unspecified atom stereocenters. The van der Waals surface area contributed by atoms with Crippen molar-refractivity contribution in [1.29, 1.82) is 0 Å². The Morgan fingerprint density at radius 2 is 1.71 bits per heavy atom. The van der Waals surface area contributed by atoms with Gasteiger partial charge >= 0.3 is 0 Å².